The number of carbonyl (C=O) groups is 1. The van der Waals surface area contributed by atoms with Crippen molar-refractivity contribution >= 4 is 5.97 Å². The van der Waals surface area contributed by atoms with Gasteiger partial charge in [0.15, 0.2) is 0 Å². The smallest absolute Gasteiger partial charge is 0.312 e. The van der Waals surface area contributed by atoms with E-state index in [1.54, 1.807) is 0 Å². The molecular formula is C17H32O2. The summed E-state index contributed by atoms with van der Waals surface area (Å²) in [6.45, 7) is 14.9. The van der Waals surface area contributed by atoms with Crippen LogP contribution >= 0.6 is 0 Å². The Morgan fingerprint density at radius 2 is 1.58 bits per heavy atom. The number of rotatable bonds is 4. The first-order valence-corrected chi connectivity index (χ1v) is 7.72. The van der Waals surface area contributed by atoms with Crippen molar-refractivity contribution in [1.82, 2.24) is 0 Å². The first-order valence-electron chi connectivity index (χ1n) is 7.72. The summed E-state index contributed by atoms with van der Waals surface area (Å²) in [5.41, 5.74) is -0.460. The summed E-state index contributed by atoms with van der Waals surface area (Å²) in [5, 5.41) is 0. The lowest BCUT2D eigenvalue weighted by atomic mass is 9.76. The summed E-state index contributed by atoms with van der Waals surface area (Å²) in [5.74, 6) is 0.391. The van der Waals surface area contributed by atoms with E-state index in [-0.39, 0.29) is 17.0 Å². The summed E-state index contributed by atoms with van der Waals surface area (Å²) in [6, 6.07) is 0. The van der Waals surface area contributed by atoms with Gasteiger partial charge in [-0.2, -0.15) is 0 Å². The standard InChI is InChI=1S/C17H32O2/c1-13(2)17(10-8-9-11-17)19-14(18)16(6,7)12-15(3,4)5/h13H,8-12H2,1-7H3. The van der Waals surface area contributed by atoms with E-state index in [9.17, 15) is 4.79 Å². The third kappa shape index (κ3) is 4.22. The predicted octanol–water partition coefficient (Wildman–Crippen LogP) is 4.96. The molecule has 0 atom stereocenters. The molecule has 0 saturated heterocycles. The second kappa shape index (κ2) is 5.46. The van der Waals surface area contributed by atoms with Gasteiger partial charge in [0.25, 0.3) is 0 Å². The van der Waals surface area contributed by atoms with Gasteiger partial charge in [-0.05, 0) is 57.3 Å². The van der Waals surface area contributed by atoms with Crippen molar-refractivity contribution < 1.29 is 9.53 Å². The molecule has 1 fully saturated rings. The van der Waals surface area contributed by atoms with Crippen LogP contribution in [0.1, 0.15) is 80.6 Å². The van der Waals surface area contributed by atoms with E-state index in [4.69, 9.17) is 4.74 Å². The maximum atomic E-state index is 12.6. The highest BCUT2D eigenvalue weighted by atomic mass is 16.6. The van der Waals surface area contributed by atoms with Crippen LogP contribution in [0.4, 0.5) is 0 Å². The fourth-order valence-electron chi connectivity index (χ4n) is 3.49. The van der Waals surface area contributed by atoms with Crippen LogP contribution in [0.5, 0.6) is 0 Å². The fraction of sp³-hybridized carbons (Fsp3) is 0.941. The molecule has 112 valence electrons. The maximum Gasteiger partial charge on any atom is 0.312 e. The lowest BCUT2D eigenvalue weighted by Crippen LogP contribution is -2.42. The molecule has 0 unspecified atom stereocenters. The number of hydrogen-bond donors (Lipinski definition) is 0. The second-order valence-corrected chi connectivity index (χ2v) is 8.44. The molecule has 0 N–H and O–H groups in total. The van der Waals surface area contributed by atoms with Crippen molar-refractivity contribution in [3.05, 3.63) is 0 Å². The molecule has 0 bridgehead atoms. The molecule has 0 radical (unpaired) electrons. The molecule has 0 aromatic rings. The van der Waals surface area contributed by atoms with Gasteiger partial charge in [-0.15, -0.1) is 0 Å². The van der Waals surface area contributed by atoms with E-state index in [0.717, 1.165) is 19.3 Å². The molecule has 0 aliphatic heterocycles. The minimum absolute atomic E-state index is 0.0157. The molecule has 1 aliphatic carbocycles. The molecule has 0 amide bonds. The monoisotopic (exact) mass is 268 g/mol. The fourth-order valence-corrected chi connectivity index (χ4v) is 3.49. The van der Waals surface area contributed by atoms with Crippen molar-refractivity contribution in [2.45, 2.75) is 86.2 Å². The van der Waals surface area contributed by atoms with Gasteiger partial charge in [0, 0.05) is 0 Å². The third-order valence-electron chi connectivity index (χ3n) is 4.32. The third-order valence-corrected chi connectivity index (χ3v) is 4.32. The molecule has 19 heavy (non-hydrogen) atoms. The van der Waals surface area contributed by atoms with Gasteiger partial charge in [-0.3, -0.25) is 4.79 Å². The minimum atomic E-state index is -0.400. The van der Waals surface area contributed by atoms with Crippen LogP contribution in [0.2, 0.25) is 0 Å². The molecule has 2 heteroatoms. The Hall–Kier alpha value is -0.530. The largest absolute Gasteiger partial charge is 0.458 e. The first-order chi connectivity index (χ1) is 8.49. The first kappa shape index (κ1) is 16.5. The van der Waals surface area contributed by atoms with Crippen LogP contribution in [0.3, 0.4) is 0 Å². The molecule has 0 spiro atoms. The zero-order valence-electron chi connectivity index (χ0n) is 13.9. The highest BCUT2D eigenvalue weighted by molar-refractivity contribution is 5.76. The van der Waals surface area contributed by atoms with Crippen LogP contribution in [0, 0.1) is 16.7 Å². The van der Waals surface area contributed by atoms with Crippen molar-refractivity contribution in [1.29, 1.82) is 0 Å². The Kier molecular flexibility index (Phi) is 4.75. The molecule has 0 heterocycles. The van der Waals surface area contributed by atoms with E-state index in [1.165, 1.54) is 12.8 Å². The summed E-state index contributed by atoms with van der Waals surface area (Å²) < 4.78 is 6.03. The number of ether oxygens (including phenoxy) is 1. The van der Waals surface area contributed by atoms with Crippen molar-refractivity contribution in [2.24, 2.45) is 16.7 Å². The Morgan fingerprint density at radius 3 is 1.95 bits per heavy atom. The highest BCUT2D eigenvalue weighted by Crippen LogP contribution is 2.42. The molecule has 1 saturated carbocycles. The summed E-state index contributed by atoms with van der Waals surface area (Å²) >= 11 is 0. The average Bonchev–Trinajstić information content (AvgIpc) is 2.63. The zero-order chi connectivity index (χ0) is 14.9. The van der Waals surface area contributed by atoms with Gasteiger partial charge >= 0.3 is 5.97 Å². The Morgan fingerprint density at radius 1 is 1.11 bits per heavy atom. The number of esters is 1. The molecule has 1 aliphatic rings. The van der Waals surface area contributed by atoms with E-state index in [2.05, 4.69) is 34.6 Å². The summed E-state index contributed by atoms with van der Waals surface area (Å²) in [6.07, 6.45) is 5.29. The Labute approximate surface area is 119 Å². The number of hydrogen-bond acceptors (Lipinski definition) is 2. The van der Waals surface area contributed by atoms with Gasteiger partial charge in [-0.25, -0.2) is 0 Å². The lowest BCUT2D eigenvalue weighted by molar-refractivity contribution is -0.176. The van der Waals surface area contributed by atoms with Gasteiger partial charge in [0.05, 0.1) is 5.41 Å². The van der Waals surface area contributed by atoms with Gasteiger partial charge < -0.3 is 4.74 Å². The topological polar surface area (TPSA) is 26.3 Å². The second-order valence-electron chi connectivity index (χ2n) is 8.44. The van der Waals surface area contributed by atoms with Gasteiger partial charge in [-0.1, -0.05) is 34.6 Å². The Bertz CT molecular complexity index is 315. The van der Waals surface area contributed by atoms with E-state index in [0.29, 0.717) is 5.92 Å². The normalized spacial score (nSPS) is 19.8. The summed E-state index contributed by atoms with van der Waals surface area (Å²) in [7, 11) is 0. The molecule has 0 aromatic heterocycles. The maximum absolute atomic E-state index is 12.6. The molecule has 1 rings (SSSR count). The van der Waals surface area contributed by atoms with Gasteiger partial charge in [0.1, 0.15) is 5.60 Å². The van der Waals surface area contributed by atoms with Crippen LogP contribution < -0.4 is 0 Å². The average molecular weight is 268 g/mol. The summed E-state index contributed by atoms with van der Waals surface area (Å²) in [4.78, 5) is 12.6. The van der Waals surface area contributed by atoms with Crippen molar-refractivity contribution in [2.75, 3.05) is 0 Å². The lowest BCUT2D eigenvalue weighted by Gasteiger charge is -2.38. The van der Waals surface area contributed by atoms with Crippen LogP contribution in [0.15, 0.2) is 0 Å². The zero-order valence-corrected chi connectivity index (χ0v) is 13.9. The molecule has 0 aromatic carbocycles. The number of carbonyl (C=O) groups excluding carboxylic acids is 1. The molecule has 2 nitrogen and oxygen atoms in total. The SMILES string of the molecule is CC(C)C1(OC(=O)C(C)(C)CC(C)(C)C)CCCC1. The van der Waals surface area contributed by atoms with Crippen LogP contribution in [-0.4, -0.2) is 11.6 Å². The Balaban J connectivity index is 2.77. The van der Waals surface area contributed by atoms with Crippen LogP contribution in [0.25, 0.3) is 0 Å². The highest BCUT2D eigenvalue weighted by Gasteiger charge is 2.44. The van der Waals surface area contributed by atoms with E-state index >= 15 is 0 Å². The van der Waals surface area contributed by atoms with Gasteiger partial charge in [0.2, 0.25) is 0 Å². The van der Waals surface area contributed by atoms with Crippen molar-refractivity contribution in [3.63, 3.8) is 0 Å². The van der Waals surface area contributed by atoms with Crippen LogP contribution in [-0.2, 0) is 9.53 Å². The minimum Gasteiger partial charge on any atom is -0.458 e. The van der Waals surface area contributed by atoms with E-state index < -0.39 is 5.41 Å². The molecular weight excluding hydrogens is 236 g/mol. The van der Waals surface area contributed by atoms with E-state index in [1.807, 2.05) is 13.8 Å². The van der Waals surface area contributed by atoms with Crippen molar-refractivity contribution in [3.8, 4) is 0 Å². The predicted molar refractivity (Wildman–Crippen MR) is 80.0 cm³/mol. The quantitative estimate of drug-likeness (QED) is 0.673.